The van der Waals surface area contributed by atoms with E-state index in [1.165, 1.54) is 12.1 Å². The van der Waals surface area contributed by atoms with E-state index >= 15 is 0 Å². The topological polar surface area (TPSA) is 54.5 Å². The fraction of sp³-hybridized carbons (Fsp3) is 0.304. The molecule has 2 heterocycles. The quantitative estimate of drug-likeness (QED) is 0.660. The summed E-state index contributed by atoms with van der Waals surface area (Å²) in [6.45, 7) is 4.93. The minimum Gasteiger partial charge on any atom is -0.378 e. The van der Waals surface area contributed by atoms with Crippen molar-refractivity contribution in [1.82, 2.24) is 4.98 Å². The number of nitrogens with one attached hydrogen (secondary N) is 1. The minimum absolute atomic E-state index is 0.144. The van der Waals surface area contributed by atoms with Gasteiger partial charge in [0.05, 0.1) is 30.7 Å². The molecule has 0 bridgehead atoms. The number of hydrogen-bond acceptors (Lipinski definition) is 4. The lowest BCUT2D eigenvalue weighted by Crippen LogP contribution is -2.36. The van der Waals surface area contributed by atoms with Crippen LogP contribution in [0.5, 0.6) is 0 Å². The fourth-order valence-electron chi connectivity index (χ4n) is 3.66. The van der Waals surface area contributed by atoms with Gasteiger partial charge >= 0.3 is 6.18 Å². The number of fused-ring (bicyclic) bond motifs is 1. The van der Waals surface area contributed by atoms with Gasteiger partial charge in [-0.3, -0.25) is 4.79 Å². The van der Waals surface area contributed by atoms with E-state index in [9.17, 15) is 18.0 Å². The van der Waals surface area contributed by atoms with Gasteiger partial charge in [0, 0.05) is 24.2 Å². The van der Waals surface area contributed by atoms with Crippen LogP contribution in [0, 0.1) is 6.92 Å². The number of pyridine rings is 1. The number of amides is 1. The summed E-state index contributed by atoms with van der Waals surface area (Å²) in [7, 11) is 0. The number of carbonyl (C=O) groups is 1. The molecule has 5 nitrogen and oxygen atoms in total. The number of benzene rings is 2. The number of aromatic nitrogens is 1. The minimum atomic E-state index is -4.44. The van der Waals surface area contributed by atoms with E-state index in [-0.39, 0.29) is 12.3 Å². The average Bonchev–Trinajstić information content (AvgIpc) is 2.74. The van der Waals surface area contributed by atoms with Gasteiger partial charge in [0.2, 0.25) is 5.91 Å². The first-order valence-corrected chi connectivity index (χ1v) is 10.00. The highest BCUT2D eigenvalue weighted by Gasteiger charge is 2.30. The number of rotatable bonds is 4. The molecule has 0 aliphatic carbocycles. The predicted octanol–water partition coefficient (Wildman–Crippen LogP) is 4.58. The average molecular weight is 429 g/mol. The van der Waals surface area contributed by atoms with Gasteiger partial charge in [-0.2, -0.15) is 13.2 Å². The summed E-state index contributed by atoms with van der Waals surface area (Å²) in [4.78, 5) is 19.3. The second-order valence-corrected chi connectivity index (χ2v) is 7.55. The van der Waals surface area contributed by atoms with Crippen LogP contribution in [0.2, 0.25) is 0 Å². The van der Waals surface area contributed by atoms with Crippen LogP contribution in [-0.2, 0) is 22.1 Å². The number of hydrogen-bond donors (Lipinski definition) is 1. The van der Waals surface area contributed by atoms with E-state index in [1.807, 2.05) is 25.1 Å². The van der Waals surface area contributed by atoms with Crippen molar-refractivity contribution < 1.29 is 22.7 Å². The zero-order valence-electron chi connectivity index (χ0n) is 17.0. The molecule has 8 heteroatoms. The van der Waals surface area contributed by atoms with Crippen molar-refractivity contribution >= 4 is 28.3 Å². The molecule has 3 aromatic rings. The Balaban J connectivity index is 1.50. The molecular weight excluding hydrogens is 407 g/mol. The molecule has 1 aliphatic heterocycles. The zero-order chi connectivity index (χ0) is 22.0. The summed E-state index contributed by atoms with van der Waals surface area (Å²) < 4.78 is 44.0. The van der Waals surface area contributed by atoms with Gasteiger partial charge in [0.1, 0.15) is 5.82 Å². The van der Waals surface area contributed by atoms with Gasteiger partial charge in [0.15, 0.2) is 0 Å². The first-order valence-electron chi connectivity index (χ1n) is 10.00. The van der Waals surface area contributed by atoms with Crippen LogP contribution < -0.4 is 10.2 Å². The third kappa shape index (κ3) is 4.96. The maximum absolute atomic E-state index is 12.9. The van der Waals surface area contributed by atoms with Crippen molar-refractivity contribution in [1.29, 1.82) is 0 Å². The molecule has 1 fully saturated rings. The number of morpholine rings is 1. The molecule has 1 aliphatic rings. The predicted molar refractivity (Wildman–Crippen MR) is 113 cm³/mol. The van der Waals surface area contributed by atoms with Crippen LogP contribution in [0.1, 0.15) is 16.7 Å². The monoisotopic (exact) mass is 429 g/mol. The Morgan fingerprint density at radius 1 is 1.13 bits per heavy atom. The largest absolute Gasteiger partial charge is 0.416 e. The van der Waals surface area contributed by atoms with Gasteiger partial charge in [-0.1, -0.05) is 18.2 Å². The van der Waals surface area contributed by atoms with Crippen molar-refractivity contribution in [3.63, 3.8) is 0 Å². The molecule has 0 radical (unpaired) electrons. The van der Waals surface area contributed by atoms with Gasteiger partial charge in [-0.15, -0.1) is 0 Å². The molecule has 0 saturated carbocycles. The molecule has 4 rings (SSSR count). The SMILES string of the molecule is Cc1cc(N2CCOCC2)nc2ccc(NC(=O)Cc3cccc(C(F)(F)F)c3)cc12. The molecular formula is C23H22F3N3O2. The Bertz CT molecular complexity index is 1110. The van der Waals surface area contributed by atoms with E-state index in [2.05, 4.69) is 10.2 Å². The van der Waals surface area contributed by atoms with E-state index in [1.54, 1.807) is 6.07 Å². The molecule has 0 atom stereocenters. The van der Waals surface area contributed by atoms with Gasteiger partial charge < -0.3 is 15.0 Å². The lowest BCUT2D eigenvalue weighted by molar-refractivity contribution is -0.137. The maximum atomic E-state index is 12.9. The summed E-state index contributed by atoms with van der Waals surface area (Å²) in [5.74, 6) is 0.517. The molecule has 0 unspecified atom stereocenters. The highest BCUT2D eigenvalue weighted by molar-refractivity contribution is 5.95. The number of halogens is 3. The molecule has 1 saturated heterocycles. The van der Waals surface area contributed by atoms with Gasteiger partial charge in [-0.25, -0.2) is 4.98 Å². The summed E-state index contributed by atoms with van der Waals surface area (Å²) in [5.41, 5.74) is 1.97. The summed E-state index contributed by atoms with van der Waals surface area (Å²) >= 11 is 0. The Kier molecular flexibility index (Phi) is 5.82. The lowest BCUT2D eigenvalue weighted by atomic mass is 10.1. The number of nitrogens with zero attached hydrogens (tertiary/aromatic N) is 2. The number of anilines is 2. The van der Waals surface area contributed by atoms with E-state index in [0.29, 0.717) is 24.5 Å². The van der Waals surface area contributed by atoms with Crippen molar-refractivity contribution in [2.24, 2.45) is 0 Å². The van der Waals surface area contributed by atoms with Crippen molar-refractivity contribution in [3.05, 3.63) is 65.2 Å². The molecule has 1 amide bonds. The number of aryl methyl sites for hydroxylation is 1. The second-order valence-electron chi connectivity index (χ2n) is 7.55. The first-order chi connectivity index (χ1) is 14.8. The van der Waals surface area contributed by atoms with Crippen LogP contribution in [0.4, 0.5) is 24.7 Å². The molecule has 2 aromatic carbocycles. The smallest absolute Gasteiger partial charge is 0.378 e. The van der Waals surface area contributed by atoms with E-state index < -0.39 is 11.7 Å². The highest BCUT2D eigenvalue weighted by atomic mass is 19.4. The van der Waals surface area contributed by atoms with Gasteiger partial charge in [0.25, 0.3) is 0 Å². The lowest BCUT2D eigenvalue weighted by Gasteiger charge is -2.28. The van der Waals surface area contributed by atoms with E-state index in [0.717, 1.165) is 47.5 Å². The summed E-state index contributed by atoms with van der Waals surface area (Å²) in [5, 5.41) is 3.68. The van der Waals surface area contributed by atoms with Crippen molar-refractivity contribution in [2.45, 2.75) is 19.5 Å². The Labute approximate surface area is 177 Å². The van der Waals surface area contributed by atoms with E-state index in [4.69, 9.17) is 9.72 Å². The van der Waals surface area contributed by atoms with Gasteiger partial charge in [-0.05, 0) is 48.4 Å². The molecule has 1 N–H and O–H groups in total. The van der Waals surface area contributed by atoms with Crippen LogP contribution in [0.15, 0.2) is 48.5 Å². The first kappa shape index (κ1) is 21.1. The molecule has 0 spiro atoms. The number of ether oxygens (including phenoxy) is 1. The highest BCUT2D eigenvalue weighted by Crippen LogP contribution is 2.30. The molecule has 162 valence electrons. The van der Waals surface area contributed by atoms with Crippen LogP contribution in [-0.4, -0.2) is 37.2 Å². The second kappa shape index (κ2) is 8.55. The standard InChI is InChI=1S/C23H22F3N3O2/c1-15-11-21(29-7-9-31-10-8-29)28-20-6-5-18(14-19(15)20)27-22(30)13-16-3-2-4-17(12-16)23(24,25)26/h2-6,11-12,14H,7-10,13H2,1H3,(H,27,30). The summed E-state index contributed by atoms with van der Waals surface area (Å²) in [6, 6.07) is 12.3. The maximum Gasteiger partial charge on any atom is 0.416 e. The van der Waals surface area contributed by atoms with Crippen LogP contribution >= 0.6 is 0 Å². The number of carbonyl (C=O) groups excluding carboxylic acids is 1. The molecule has 1 aromatic heterocycles. The van der Waals surface area contributed by atoms with Crippen molar-refractivity contribution in [2.75, 3.05) is 36.5 Å². The Morgan fingerprint density at radius 2 is 1.90 bits per heavy atom. The fourth-order valence-corrected chi connectivity index (χ4v) is 3.66. The van der Waals surface area contributed by atoms with Crippen molar-refractivity contribution in [3.8, 4) is 0 Å². The third-order valence-electron chi connectivity index (χ3n) is 5.24. The number of alkyl halides is 3. The zero-order valence-corrected chi connectivity index (χ0v) is 17.0. The Hall–Kier alpha value is -3.13. The third-order valence-corrected chi connectivity index (χ3v) is 5.24. The molecule has 31 heavy (non-hydrogen) atoms. The summed E-state index contributed by atoms with van der Waals surface area (Å²) in [6.07, 6.45) is -4.58. The van der Waals surface area contributed by atoms with Crippen LogP contribution in [0.3, 0.4) is 0 Å². The Morgan fingerprint density at radius 3 is 2.65 bits per heavy atom. The normalized spacial score (nSPS) is 14.6. The van der Waals surface area contributed by atoms with Crippen LogP contribution in [0.25, 0.3) is 10.9 Å².